The summed E-state index contributed by atoms with van der Waals surface area (Å²) in [6.07, 6.45) is -1.54. The number of halogens is 3. The Balaban J connectivity index is 1.95. The van der Waals surface area contributed by atoms with Crippen molar-refractivity contribution in [2.75, 3.05) is 26.5 Å². The van der Waals surface area contributed by atoms with Crippen molar-refractivity contribution in [1.82, 2.24) is 14.5 Å². The SMILES string of the molecule is CN=Cc1cc(-c2cc3ccc(OCC(F)(F)F)nc3n(-c3ccc(OC)nc3)c2=O)ccc1N. The third kappa shape index (κ3) is 5.08. The Hall–Kier alpha value is -4.41. The molecule has 0 spiro atoms. The number of aromatic nitrogens is 3. The van der Waals surface area contributed by atoms with Crippen molar-refractivity contribution in [2.24, 2.45) is 4.99 Å². The molecule has 0 radical (unpaired) electrons. The number of aliphatic imine (C=N–C) groups is 1. The normalized spacial score (nSPS) is 11.8. The van der Waals surface area contributed by atoms with Gasteiger partial charge in [-0.25, -0.2) is 4.98 Å². The van der Waals surface area contributed by atoms with Crippen molar-refractivity contribution in [2.45, 2.75) is 6.18 Å². The highest BCUT2D eigenvalue weighted by atomic mass is 19.4. The lowest BCUT2D eigenvalue weighted by atomic mass is 10.0. The van der Waals surface area contributed by atoms with Crippen molar-refractivity contribution in [3.8, 4) is 28.6 Å². The molecule has 4 rings (SSSR count). The molecule has 2 N–H and O–H groups in total. The molecule has 0 saturated heterocycles. The highest BCUT2D eigenvalue weighted by molar-refractivity contribution is 5.90. The number of anilines is 1. The molecule has 4 aromatic rings. The van der Waals surface area contributed by atoms with Gasteiger partial charge in [0, 0.05) is 47.6 Å². The van der Waals surface area contributed by atoms with E-state index in [0.29, 0.717) is 39.3 Å². The second-order valence-electron chi connectivity index (χ2n) is 7.45. The Labute approximate surface area is 197 Å². The summed E-state index contributed by atoms with van der Waals surface area (Å²) in [5.74, 6) is 0.0533. The van der Waals surface area contributed by atoms with Crippen molar-refractivity contribution >= 4 is 22.9 Å². The van der Waals surface area contributed by atoms with Gasteiger partial charge in [0.1, 0.15) is 0 Å². The van der Waals surface area contributed by atoms with Crippen LogP contribution in [0.1, 0.15) is 5.56 Å². The lowest BCUT2D eigenvalue weighted by Crippen LogP contribution is -2.22. The highest BCUT2D eigenvalue weighted by Gasteiger charge is 2.28. The van der Waals surface area contributed by atoms with E-state index in [0.717, 1.165) is 0 Å². The number of hydrogen-bond donors (Lipinski definition) is 1. The molecule has 180 valence electrons. The first kappa shape index (κ1) is 23.7. The summed E-state index contributed by atoms with van der Waals surface area (Å²) in [6, 6.07) is 12.7. The maximum absolute atomic E-state index is 13.7. The van der Waals surface area contributed by atoms with Crippen LogP contribution in [0.3, 0.4) is 0 Å². The van der Waals surface area contributed by atoms with Crippen LogP contribution in [0.15, 0.2) is 64.5 Å². The fourth-order valence-electron chi connectivity index (χ4n) is 3.47. The van der Waals surface area contributed by atoms with Crippen LogP contribution in [0.4, 0.5) is 18.9 Å². The molecule has 35 heavy (non-hydrogen) atoms. The van der Waals surface area contributed by atoms with Gasteiger partial charge in [0.25, 0.3) is 5.56 Å². The second-order valence-corrected chi connectivity index (χ2v) is 7.45. The third-order valence-electron chi connectivity index (χ3n) is 5.06. The molecule has 0 fully saturated rings. The Morgan fingerprint density at radius 2 is 1.89 bits per heavy atom. The molecule has 0 unspecified atom stereocenters. The molecule has 0 atom stereocenters. The van der Waals surface area contributed by atoms with Crippen LogP contribution in [0.5, 0.6) is 11.8 Å². The van der Waals surface area contributed by atoms with E-state index >= 15 is 0 Å². The summed E-state index contributed by atoms with van der Waals surface area (Å²) >= 11 is 0. The second kappa shape index (κ2) is 9.45. The number of nitrogens with two attached hydrogens (primary N) is 1. The molecule has 0 aliphatic carbocycles. The molecule has 11 heteroatoms. The molecule has 0 saturated carbocycles. The van der Waals surface area contributed by atoms with Crippen LogP contribution in [-0.2, 0) is 0 Å². The number of nitrogens with zero attached hydrogens (tertiary/aromatic N) is 4. The smallest absolute Gasteiger partial charge is 0.422 e. The first-order valence-electron chi connectivity index (χ1n) is 10.3. The summed E-state index contributed by atoms with van der Waals surface area (Å²) in [7, 11) is 3.06. The maximum atomic E-state index is 13.7. The van der Waals surface area contributed by atoms with Gasteiger partial charge in [-0.2, -0.15) is 18.2 Å². The quantitative estimate of drug-likeness (QED) is 0.328. The molecule has 3 aromatic heterocycles. The summed E-state index contributed by atoms with van der Waals surface area (Å²) in [4.78, 5) is 26.0. The number of pyridine rings is 3. The molecular weight excluding hydrogens is 463 g/mol. The predicted octanol–water partition coefficient (Wildman–Crippen LogP) is 4.03. The van der Waals surface area contributed by atoms with E-state index in [2.05, 4.69) is 15.0 Å². The number of hydrogen-bond acceptors (Lipinski definition) is 7. The van der Waals surface area contributed by atoms with Crippen LogP contribution in [0, 0.1) is 0 Å². The number of nitrogen functional groups attached to an aromatic ring is 1. The van der Waals surface area contributed by atoms with Gasteiger partial charge >= 0.3 is 6.18 Å². The van der Waals surface area contributed by atoms with Gasteiger partial charge < -0.3 is 15.2 Å². The van der Waals surface area contributed by atoms with E-state index in [-0.39, 0.29) is 11.5 Å². The van der Waals surface area contributed by atoms with Crippen LogP contribution < -0.4 is 20.8 Å². The average molecular weight is 483 g/mol. The van der Waals surface area contributed by atoms with Gasteiger partial charge in [-0.1, -0.05) is 6.07 Å². The molecule has 0 aliphatic heterocycles. The van der Waals surface area contributed by atoms with Crippen LogP contribution >= 0.6 is 0 Å². The number of fused-ring (bicyclic) bond motifs is 1. The minimum Gasteiger partial charge on any atom is -0.481 e. The van der Waals surface area contributed by atoms with Crippen molar-refractivity contribution in [3.05, 3.63) is 70.6 Å². The first-order chi connectivity index (χ1) is 16.7. The minimum atomic E-state index is -4.53. The average Bonchev–Trinajstić information content (AvgIpc) is 2.83. The Morgan fingerprint density at radius 3 is 2.54 bits per heavy atom. The Morgan fingerprint density at radius 1 is 1.11 bits per heavy atom. The topological polar surface area (TPSA) is 105 Å². The van der Waals surface area contributed by atoms with E-state index in [1.54, 1.807) is 49.7 Å². The van der Waals surface area contributed by atoms with E-state index in [1.165, 1.54) is 30.0 Å². The van der Waals surface area contributed by atoms with Crippen LogP contribution in [-0.4, -0.2) is 47.7 Å². The highest BCUT2D eigenvalue weighted by Crippen LogP contribution is 2.27. The number of methoxy groups -OCH3 is 1. The van der Waals surface area contributed by atoms with E-state index < -0.39 is 18.3 Å². The van der Waals surface area contributed by atoms with Crippen molar-refractivity contribution in [3.63, 3.8) is 0 Å². The zero-order valence-corrected chi connectivity index (χ0v) is 18.7. The molecule has 0 amide bonds. The molecule has 0 bridgehead atoms. The van der Waals surface area contributed by atoms with Gasteiger partial charge in [0.05, 0.1) is 19.0 Å². The zero-order chi connectivity index (χ0) is 25.2. The van der Waals surface area contributed by atoms with Crippen LogP contribution in [0.2, 0.25) is 0 Å². The minimum absolute atomic E-state index is 0.108. The fraction of sp³-hybridized carbons (Fsp3) is 0.167. The number of ether oxygens (including phenoxy) is 2. The molecule has 3 heterocycles. The zero-order valence-electron chi connectivity index (χ0n) is 18.7. The first-order valence-corrected chi connectivity index (χ1v) is 10.3. The van der Waals surface area contributed by atoms with Gasteiger partial charge in [-0.15, -0.1) is 0 Å². The standard InChI is InChI=1S/C24H20F3N5O3/c1-29-11-16-9-14(3-6-19(16)28)18-10-15-4-7-21(35-13-24(25,26)27)31-22(15)32(23(18)33)17-5-8-20(34-2)30-12-17/h3-12H,13,28H2,1-2H3. The van der Waals surface area contributed by atoms with Gasteiger partial charge in [0.2, 0.25) is 11.8 Å². The Kier molecular flexibility index (Phi) is 6.41. The lowest BCUT2D eigenvalue weighted by Gasteiger charge is -2.15. The van der Waals surface area contributed by atoms with Gasteiger partial charge in [-0.3, -0.25) is 14.4 Å². The van der Waals surface area contributed by atoms with E-state index in [1.807, 2.05) is 0 Å². The largest absolute Gasteiger partial charge is 0.481 e. The summed E-state index contributed by atoms with van der Waals surface area (Å²) < 4.78 is 49.1. The van der Waals surface area contributed by atoms with Crippen LogP contribution in [0.25, 0.3) is 27.8 Å². The summed E-state index contributed by atoms with van der Waals surface area (Å²) in [5.41, 5.74) is 8.02. The number of alkyl halides is 3. The monoisotopic (exact) mass is 483 g/mol. The van der Waals surface area contributed by atoms with Crippen molar-refractivity contribution < 1.29 is 22.6 Å². The van der Waals surface area contributed by atoms with Gasteiger partial charge in [0.15, 0.2) is 12.3 Å². The van der Waals surface area contributed by atoms with E-state index in [9.17, 15) is 18.0 Å². The Bertz CT molecular complexity index is 1460. The summed E-state index contributed by atoms with van der Waals surface area (Å²) in [5, 5.41) is 0.498. The number of rotatable bonds is 6. The van der Waals surface area contributed by atoms with Crippen molar-refractivity contribution in [1.29, 1.82) is 0 Å². The van der Waals surface area contributed by atoms with Gasteiger partial charge in [-0.05, 0) is 35.9 Å². The molecule has 1 aromatic carbocycles. The maximum Gasteiger partial charge on any atom is 0.422 e. The molecule has 0 aliphatic rings. The third-order valence-corrected chi connectivity index (χ3v) is 5.06. The lowest BCUT2D eigenvalue weighted by molar-refractivity contribution is -0.154. The molecular formula is C24H20F3N5O3. The van der Waals surface area contributed by atoms with E-state index in [4.69, 9.17) is 15.2 Å². The summed E-state index contributed by atoms with van der Waals surface area (Å²) in [6.45, 7) is -1.51. The number of benzene rings is 1. The fourth-order valence-corrected chi connectivity index (χ4v) is 3.47. The molecule has 8 nitrogen and oxygen atoms in total. The predicted molar refractivity (Wildman–Crippen MR) is 127 cm³/mol.